The van der Waals surface area contributed by atoms with Gasteiger partial charge >= 0.3 is 0 Å². The molecule has 0 aliphatic rings. The fourth-order valence-electron chi connectivity index (χ4n) is 5.51. The van der Waals surface area contributed by atoms with Crippen molar-refractivity contribution < 1.29 is 0 Å². The molecule has 0 nitrogen and oxygen atoms in total. The summed E-state index contributed by atoms with van der Waals surface area (Å²) in [7, 11) is -5.38. The van der Waals surface area contributed by atoms with Gasteiger partial charge in [-0.3, -0.25) is 0 Å². The summed E-state index contributed by atoms with van der Waals surface area (Å²) in [5.74, 6) is 0. The molecule has 0 spiro atoms. The van der Waals surface area contributed by atoms with Gasteiger partial charge in [0.05, 0.1) is 20.1 Å². The van der Waals surface area contributed by atoms with Gasteiger partial charge in [0.25, 0.3) is 0 Å². The Bertz CT molecular complexity index is 1330. The summed E-state index contributed by atoms with van der Waals surface area (Å²) in [6.07, 6.45) is 0. The van der Waals surface area contributed by atoms with Gasteiger partial charge in [0, 0.05) is 0 Å². The minimum Gasteiger partial charge on any atom is -0.0828 e. The summed E-state index contributed by atoms with van der Waals surface area (Å²) in [5.41, 5.74) is 0. The summed E-state index contributed by atoms with van der Waals surface area (Å²) in [5, 5.41) is 8.37. The normalized spacial score (nSPS) is 11.9. The number of benzene rings is 5. The van der Waals surface area contributed by atoms with Gasteiger partial charge in [0.15, 0.2) is 0 Å². The standard InChI is InChI=1S/C32H26Cl4Si2/c1-37(23-15-7-3-8-16-23,24-17-9-4-10-18-24)31-27(33)29(35)32(30(36)28(31)34)38(2,25-19-11-5-12-20-25)26-21-13-6-14-22-26/h3-22H,1-2H3. The second-order valence-corrected chi connectivity index (χ2v) is 19.0. The molecule has 0 unspecified atom stereocenters. The quantitative estimate of drug-likeness (QED) is 0.117. The Hall–Kier alpha value is -2.31. The third-order valence-electron chi connectivity index (χ3n) is 7.67. The Kier molecular flexibility index (Phi) is 7.93. The van der Waals surface area contributed by atoms with Crippen molar-refractivity contribution >= 4 is 93.7 Å². The average molecular weight is 609 g/mol. The lowest BCUT2D eigenvalue weighted by Crippen LogP contribution is -2.68. The zero-order valence-electron chi connectivity index (χ0n) is 21.1. The molecule has 5 aromatic rings. The van der Waals surface area contributed by atoms with Crippen LogP contribution in [0.2, 0.25) is 33.2 Å². The van der Waals surface area contributed by atoms with Crippen molar-refractivity contribution in [1.29, 1.82) is 0 Å². The maximum Gasteiger partial charge on any atom is 0.149 e. The number of hydrogen-bond donors (Lipinski definition) is 0. The summed E-state index contributed by atoms with van der Waals surface area (Å²) in [6, 6.07) is 41.7. The van der Waals surface area contributed by atoms with E-state index in [9.17, 15) is 0 Å². The lowest BCUT2D eigenvalue weighted by atomic mass is 10.3. The van der Waals surface area contributed by atoms with Crippen molar-refractivity contribution in [2.24, 2.45) is 0 Å². The largest absolute Gasteiger partial charge is 0.149 e. The van der Waals surface area contributed by atoms with Crippen LogP contribution in [0.4, 0.5) is 0 Å². The summed E-state index contributed by atoms with van der Waals surface area (Å²) < 4.78 is 0. The zero-order chi connectivity index (χ0) is 26.9. The Morgan fingerprint density at radius 1 is 0.342 bits per heavy atom. The maximum absolute atomic E-state index is 7.32. The molecule has 38 heavy (non-hydrogen) atoms. The van der Waals surface area contributed by atoms with E-state index in [4.69, 9.17) is 46.4 Å². The molecule has 0 saturated heterocycles. The molecular weight excluding hydrogens is 582 g/mol. The molecule has 0 aromatic heterocycles. The molecule has 0 bridgehead atoms. The molecule has 0 heterocycles. The highest BCUT2D eigenvalue weighted by atomic mass is 35.5. The van der Waals surface area contributed by atoms with E-state index in [1.54, 1.807) is 0 Å². The zero-order valence-corrected chi connectivity index (χ0v) is 26.1. The molecule has 6 heteroatoms. The molecule has 0 fully saturated rings. The predicted octanol–water partition coefficient (Wildman–Crippen LogP) is 6.50. The van der Waals surface area contributed by atoms with Crippen LogP contribution in [0.3, 0.4) is 0 Å². The van der Waals surface area contributed by atoms with Gasteiger partial charge in [-0.05, 0) is 31.1 Å². The average Bonchev–Trinajstić information content (AvgIpc) is 2.98. The Labute approximate surface area is 246 Å². The SMILES string of the molecule is C[Si](c1ccccc1)(c1ccccc1)c1c(Cl)c(Cl)c([Si](C)(c2ccccc2)c2ccccc2)c(Cl)c1Cl. The highest BCUT2D eigenvalue weighted by Gasteiger charge is 2.44. The highest BCUT2D eigenvalue weighted by molar-refractivity contribution is 7.14. The first kappa shape index (κ1) is 27.3. The van der Waals surface area contributed by atoms with Crippen LogP contribution in [0.15, 0.2) is 121 Å². The molecule has 0 amide bonds. The molecule has 0 saturated carbocycles. The molecule has 0 aliphatic heterocycles. The van der Waals surface area contributed by atoms with Crippen molar-refractivity contribution in [3.8, 4) is 0 Å². The van der Waals surface area contributed by atoms with Crippen LogP contribution in [0.1, 0.15) is 0 Å². The van der Waals surface area contributed by atoms with Gasteiger partial charge < -0.3 is 0 Å². The first-order chi connectivity index (χ1) is 18.3. The fraction of sp³-hybridized carbons (Fsp3) is 0.0625. The van der Waals surface area contributed by atoms with Crippen LogP contribution in [0.5, 0.6) is 0 Å². The lowest BCUT2D eigenvalue weighted by Gasteiger charge is -2.36. The van der Waals surface area contributed by atoms with Crippen molar-refractivity contribution in [2.45, 2.75) is 13.1 Å². The predicted molar refractivity (Wildman–Crippen MR) is 173 cm³/mol. The third-order valence-corrected chi connectivity index (χ3v) is 19.0. The van der Waals surface area contributed by atoms with Gasteiger partial charge in [-0.15, -0.1) is 0 Å². The van der Waals surface area contributed by atoms with Gasteiger partial charge in [-0.2, -0.15) is 0 Å². The Morgan fingerprint density at radius 3 is 0.711 bits per heavy atom. The van der Waals surface area contributed by atoms with Crippen molar-refractivity contribution in [1.82, 2.24) is 0 Å². The van der Waals surface area contributed by atoms with Crippen molar-refractivity contribution in [3.05, 3.63) is 141 Å². The van der Waals surface area contributed by atoms with Gasteiger partial charge in [-0.25, -0.2) is 0 Å². The first-order valence-electron chi connectivity index (χ1n) is 12.4. The van der Waals surface area contributed by atoms with E-state index in [1.807, 2.05) is 24.3 Å². The van der Waals surface area contributed by atoms with Crippen molar-refractivity contribution in [3.63, 3.8) is 0 Å². The smallest absolute Gasteiger partial charge is 0.0828 e. The fourth-order valence-corrected chi connectivity index (χ4v) is 16.5. The van der Waals surface area contributed by atoms with E-state index in [1.165, 1.54) is 20.7 Å². The number of hydrogen-bond acceptors (Lipinski definition) is 0. The van der Waals surface area contributed by atoms with Crippen molar-refractivity contribution in [2.75, 3.05) is 0 Å². The second kappa shape index (κ2) is 11.1. The van der Waals surface area contributed by atoms with Crippen LogP contribution in [0.25, 0.3) is 0 Å². The van der Waals surface area contributed by atoms with Gasteiger partial charge in [0.2, 0.25) is 0 Å². The van der Waals surface area contributed by atoms with Crippen LogP contribution in [-0.4, -0.2) is 16.1 Å². The topological polar surface area (TPSA) is 0 Å². The molecule has 190 valence electrons. The second-order valence-electron chi connectivity index (χ2n) is 9.72. The van der Waals surface area contributed by atoms with Crippen LogP contribution >= 0.6 is 46.4 Å². The van der Waals surface area contributed by atoms with Gasteiger partial charge in [-0.1, -0.05) is 181 Å². The Balaban J connectivity index is 1.86. The van der Waals surface area contributed by atoms with Crippen LogP contribution in [-0.2, 0) is 0 Å². The van der Waals surface area contributed by atoms with E-state index >= 15 is 0 Å². The molecule has 0 aliphatic carbocycles. The molecule has 5 aromatic carbocycles. The first-order valence-corrected chi connectivity index (χ1v) is 18.9. The minimum atomic E-state index is -2.69. The molecular formula is C32H26Cl4Si2. The molecule has 0 N–H and O–H groups in total. The maximum atomic E-state index is 7.32. The lowest BCUT2D eigenvalue weighted by molar-refractivity contribution is 1.65. The molecule has 0 radical (unpaired) electrons. The van der Waals surface area contributed by atoms with Crippen LogP contribution < -0.4 is 31.1 Å². The van der Waals surface area contributed by atoms with E-state index in [0.717, 1.165) is 10.4 Å². The molecule has 0 atom stereocenters. The van der Waals surface area contributed by atoms with E-state index < -0.39 is 16.1 Å². The summed E-state index contributed by atoms with van der Waals surface area (Å²) >= 11 is 29.3. The Morgan fingerprint density at radius 2 is 0.526 bits per heavy atom. The summed E-state index contributed by atoms with van der Waals surface area (Å²) in [4.78, 5) is 0. The summed E-state index contributed by atoms with van der Waals surface area (Å²) in [6.45, 7) is 4.53. The van der Waals surface area contributed by atoms with E-state index in [0.29, 0.717) is 20.1 Å². The molecule has 5 rings (SSSR count). The number of halogens is 4. The minimum absolute atomic E-state index is 0.489. The highest BCUT2D eigenvalue weighted by Crippen LogP contribution is 2.34. The van der Waals surface area contributed by atoms with Crippen LogP contribution in [0, 0.1) is 0 Å². The monoisotopic (exact) mass is 606 g/mol. The van der Waals surface area contributed by atoms with Gasteiger partial charge in [0.1, 0.15) is 16.1 Å². The third kappa shape index (κ3) is 4.48. The van der Waals surface area contributed by atoms with E-state index in [2.05, 4.69) is 110 Å². The van der Waals surface area contributed by atoms with E-state index in [-0.39, 0.29) is 0 Å². The number of rotatable bonds is 6.